The van der Waals surface area contributed by atoms with Crippen LogP contribution in [0.25, 0.3) is 6.08 Å². The number of aromatic nitrogens is 2. The first-order chi connectivity index (χ1) is 13.6. The van der Waals surface area contributed by atoms with Crippen LogP contribution >= 0.6 is 0 Å². The summed E-state index contributed by atoms with van der Waals surface area (Å²) < 4.78 is 12.7. The van der Waals surface area contributed by atoms with Crippen molar-refractivity contribution in [2.75, 3.05) is 53.0 Å². The lowest BCUT2D eigenvalue weighted by Gasteiger charge is -2.35. The summed E-state index contributed by atoms with van der Waals surface area (Å²) in [5.74, 6) is 0.622. The van der Waals surface area contributed by atoms with Gasteiger partial charge in [-0.15, -0.1) is 0 Å². The number of ether oxygens (including phenoxy) is 2. The van der Waals surface area contributed by atoms with Gasteiger partial charge >= 0.3 is 0 Å². The van der Waals surface area contributed by atoms with Gasteiger partial charge in [0.25, 0.3) is 0 Å². The molecule has 0 saturated carbocycles. The van der Waals surface area contributed by atoms with Gasteiger partial charge in [-0.25, -0.2) is 0 Å². The third-order valence-corrected chi connectivity index (χ3v) is 5.70. The summed E-state index contributed by atoms with van der Waals surface area (Å²) in [5.41, 5.74) is 0.944. The maximum absolute atomic E-state index is 12.9. The van der Waals surface area contributed by atoms with Crippen molar-refractivity contribution in [2.45, 2.75) is 31.8 Å². The highest BCUT2D eigenvalue weighted by molar-refractivity contribution is 5.91. The van der Waals surface area contributed by atoms with E-state index in [1.54, 1.807) is 24.1 Å². The number of hydrogen-bond acceptors (Lipinski definition) is 5. The third-order valence-electron chi connectivity index (χ3n) is 5.70. The molecule has 1 unspecified atom stereocenters. The van der Waals surface area contributed by atoms with Gasteiger partial charge in [0, 0.05) is 58.2 Å². The van der Waals surface area contributed by atoms with Crippen LogP contribution in [0.15, 0.2) is 18.5 Å². The molecule has 0 aromatic carbocycles. The summed E-state index contributed by atoms with van der Waals surface area (Å²) in [6.45, 7) is 6.27. The maximum atomic E-state index is 12.9. The van der Waals surface area contributed by atoms with E-state index in [2.05, 4.69) is 10.00 Å². The molecular formula is C21H34N4O3. The number of rotatable bonds is 9. The Hall–Kier alpha value is -1.70. The van der Waals surface area contributed by atoms with Crippen molar-refractivity contribution in [1.82, 2.24) is 19.6 Å². The van der Waals surface area contributed by atoms with Crippen LogP contribution in [0.3, 0.4) is 0 Å². The summed E-state index contributed by atoms with van der Waals surface area (Å²) in [5, 5.41) is 4.15. The first-order valence-electron chi connectivity index (χ1n) is 10.4. The van der Waals surface area contributed by atoms with E-state index in [9.17, 15) is 4.79 Å². The molecule has 3 heterocycles. The predicted molar refractivity (Wildman–Crippen MR) is 109 cm³/mol. The molecule has 1 aromatic heterocycles. The van der Waals surface area contributed by atoms with Crippen molar-refractivity contribution < 1.29 is 14.3 Å². The van der Waals surface area contributed by atoms with E-state index in [1.807, 2.05) is 24.2 Å². The van der Waals surface area contributed by atoms with Gasteiger partial charge in [-0.3, -0.25) is 9.48 Å². The largest absolute Gasteiger partial charge is 0.383 e. The van der Waals surface area contributed by atoms with Crippen molar-refractivity contribution in [3.05, 3.63) is 24.0 Å². The van der Waals surface area contributed by atoms with E-state index >= 15 is 0 Å². The lowest BCUT2D eigenvalue weighted by atomic mass is 9.96. The fraction of sp³-hybridized carbons (Fsp3) is 0.714. The van der Waals surface area contributed by atoms with E-state index in [0.29, 0.717) is 12.5 Å². The molecule has 7 heteroatoms. The minimum Gasteiger partial charge on any atom is -0.383 e. The zero-order valence-corrected chi connectivity index (χ0v) is 17.3. The molecule has 0 radical (unpaired) electrons. The van der Waals surface area contributed by atoms with Crippen LogP contribution in [0.4, 0.5) is 0 Å². The molecule has 2 fully saturated rings. The molecule has 0 spiro atoms. The number of carbonyl (C=O) groups is 1. The molecule has 1 atom stereocenters. The summed E-state index contributed by atoms with van der Waals surface area (Å²) in [7, 11) is 3.63. The first-order valence-corrected chi connectivity index (χ1v) is 10.4. The minimum atomic E-state index is 0.0705. The summed E-state index contributed by atoms with van der Waals surface area (Å²) in [4.78, 5) is 17.4. The molecule has 28 heavy (non-hydrogen) atoms. The molecule has 3 rings (SSSR count). The Labute approximate surface area is 168 Å². The van der Waals surface area contributed by atoms with Crippen molar-refractivity contribution in [3.63, 3.8) is 0 Å². The Morgan fingerprint density at radius 1 is 1.36 bits per heavy atom. The molecule has 2 aliphatic heterocycles. The highest BCUT2D eigenvalue weighted by Crippen LogP contribution is 2.21. The standard InChI is InChI=1S/C21H34N4O3/c1-23-15-19(14-22-23)5-6-21(26)25(17-20-4-3-12-28-20)16-18-7-9-24(10-8-18)11-13-27-2/h5-6,14-15,18,20H,3-4,7-13,16-17H2,1-2H3/b6-5+. The van der Waals surface area contributed by atoms with Gasteiger partial charge in [0.1, 0.15) is 0 Å². The number of aryl methyl sites for hydroxylation is 1. The first kappa shape index (κ1) is 21.0. The number of nitrogens with zero attached hydrogens (tertiary/aromatic N) is 4. The Morgan fingerprint density at radius 2 is 2.18 bits per heavy atom. The Kier molecular flexibility index (Phi) is 8.06. The predicted octanol–water partition coefficient (Wildman–Crippen LogP) is 1.80. The second-order valence-corrected chi connectivity index (χ2v) is 7.94. The van der Waals surface area contributed by atoms with Crippen molar-refractivity contribution in [1.29, 1.82) is 0 Å². The molecule has 1 amide bonds. The minimum absolute atomic E-state index is 0.0705. The number of amides is 1. The molecule has 2 saturated heterocycles. The fourth-order valence-electron chi connectivity index (χ4n) is 4.01. The van der Waals surface area contributed by atoms with Crippen LogP contribution in [0, 0.1) is 5.92 Å². The Morgan fingerprint density at radius 3 is 2.82 bits per heavy atom. The SMILES string of the molecule is COCCN1CCC(CN(CC2CCCO2)C(=O)/C=C/c2cnn(C)c2)CC1. The van der Waals surface area contributed by atoms with Crippen molar-refractivity contribution in [2.24, 2.45) is 13.0 Å². The molecule has 156 valence electrons. The molecular weight excluding hydrogens is 356 g/mol. The summed E-state index contributed by atoms with van der Waals surface area (Å²) >= 11 is 0. The molecule has 0 aliphatic carbocycles. The van der Waals surface area contributed by atoms with Crippen LogP contribution in [0.1, 0.15) is 31.2 Å². The van der Waals surface area contributed by atoms with E-state index < -0.39 is 0 Å². The van der Waals surface area contributed by atoms with Gasteiger partial charge < -0.3 is 19.3 Å². The number of hydrogen-bond donors (Lipinski definition) is 0. The van der Waals surface area contributed by atoms with Gasteiger partial charge in [-0.2, -0.15) is 5.10 Å². The highest BCUT2D eigenvalue weighted by atomic mass is 16.5. The van der Waals surface area contributed by atoms with E-state index in [1.165, 1.54) is 0 Å². The van der Waals surface area contributed by atoms with Crippen LogP contribution in [-0.4, -0.2) is 84.6 Å². The monoisotopic (exact) mass is 390 g/mol. The van der Waals surface area contributed by atoms with Gasteiger partial charge in [0.2, 0.25) is 5.91 Å². The lowest BCUT2D eigenvalue weighted by Crippen LogP contribution is -2.43. The second-order valence-electron chi connectivity index (χ2n) is 7.94. The molecule has 0 bridgehead atoms. The number of piperidine rings is 1. The fourth-order valence-corrected chi connectivity index (χ4v) is 4.01. The highest BCUT2D eigenvalue weighted by Gasteiger charge is 2.26. The maximum Gasteiger partial charge on any atom is 0.246 e. The van der Waals surface area contributed by atoms with E-state index in [0.717, 1.165) is 70.6 Å². The van der Waals surface area contributed by atoms with Crippen LogP contribution < -0.4 is 0 Å². The summed E-state index contributed by atoms with van der Waals surface area (Å²) in [6.07, 6.45) is 11.8. The van der Waals surface area contributed by atoms with E-state index in [4.69, 9.17) is 9.47 Å². The zero-order valence-electron chi connectivity index (χ0n) is 17.3. The third kappa shape index (κ3) is 6.43. The number of methoxy groups -OCH3 is 1. The van der Waals surface area contributed by atoms with Crippen LogP contribution in [0.2, 0.25) is 0 Å². The average molecular weight is 391 g/mol. The Bertz CT molecular complexity index is 631. The lowest BCUT2D eigenvalue weighted by molar-refractivity contribution is -0.128. The van der Waals surface area contributed by atoms with Crippen molar-refractivity contribution >= 4 is 12.0 Å². The van der Waals surface area contributed by atoms with Gasteiger partial charge in [-0.1, -0.05) is 0 Å². The van der Waals surface area contributed by atoms with Gasteiger partial charge in [0.15, 0.2) is 0 Å². The zero-order chi connectivity index (χ0) is 19.8. The normalized spacial score (nSPS) is 21.6. The average Bonchev–Trinajstić information content (AvgIpc) is 3.36. The number of carbonyl (C=O) groups excluding carboxylic acids is 1. The van der Waals surface area contributed by atoms with E-state index in [-0.39, 0.29) is 12.0 Å². The molecule has 1 aromatic rings. The summed E-state index contributed by atoms with van der Waals surface area (Å²) in [6, 6.07) is 0. The topological polar surface area (TPSA) is 59.8 Å². The van der Waals surface area contributed by atoms with Gasteiger partial charge in [-0.05, 0) is 50.8 Å². The number of likely N-dealkylation sites (tertiary alicyclic amines) is 1. The van der Waals surface area contributed by atoms with Crippen molar-refractivity contribution in [3.8, 4) is 0 Å². The quantitative estimate of drug-likeness (QED) is 0.602. The van der Waals surface area contributed by atoms with Gasteiger partial charge in [0.05, 0.1) is 18.9 Å². The molecule has 7 nitrogen and oxygen atoms in total. The van der Waals surface area contributed by atoms with Crippen LogP contribution in [-0.2, 0) is 21.3 Å². The second kappa shape index (κ2) is 10.7. The Balaban J connectivity index is 1.55. The van der Waals surface area contributed by atoms with Crippen LogP contribution in [0.5, 0.6) is 0 Å². The molecule has 2 aliphatic rings. The molecule has 0 N–H and O–H groups in total. The smallest absolute Gasteiger partial charge is 0.246 e.